The van der Waals surface area contributed by atoms with Crippen molar-refractivity contribution < 1.29 is 19.2 Å². The Labute approximate surface area is 140 Å². The van der Waals surface area contributed by atoms with Crippen LogP contribution in [0.15, 0.2) is 0 Å². The molecule has 24 heavy (non-hydrogen) atoms. The van der Waals surface area contributed by atoms with Crippen molar-refractivity contribution in [3.63, 3.8) is 0 Å². The van der Waals surface area contributed by atoms with Gasteiger partial charge in [-0.1, -0.05) is 0 Å². The molecule has 132 valence electrons. The van der Waals surface area contributed by atoms with Crippen LogP contribution < -0.4 is 10.6 Å². The fourth-order valence-electron chi connectivity index (χ4n) is 3.68. The number of nitrogens with one attached hydrogen (secondary N) is 2. The first-order valence-electron chi connectivity index (χ1n) is 8.24. The Bertz CT molecular complexity index is 580. The minimum atomic E-state index is -0.513. The second-order valence-corrected chi connectivity index (χ2v) is 6.77. The number of carbonyl (C=O) groups is 4. The van der Waals surface area contributed by atoms with Crippen LogP contribution in [0, 0.1) is 0 Å². The normalized spacial score (nSPS) is 28.8. The molecule has 3 saturated heterocycles. The van der Waals surface area contributed by atoms with Crippen LogP contribution in [-0.4, -0.2) is 90.3 Å². The Morgan fingerprint density at radius 1 is 1.17 bits per heavy atom. The van der Waals surface area contributed by atoms with Crippen LogP contribution in [0.25, 0.3) is 0 Å². The lowest BCUT2D eigenvalue weighted by molar-refractivity contribution is -0.137. The summed E-state index contributed by atoms with van der Waals surface area (Å²) in [5.74, 6) is -0.483. The highest BCUT2D eigenvalue weighted by Crippen LogP contribution is 2.30. The molecule has 3 aliphatic rings. The summed E-state index contributed by atoms with van der Waals surface area (Å²) in [4.78, 5) is 52.3. The van der Waals surface area contributed by atoms with Gasteiger partial charge in [0.25, 0.3) is 0 Å². The van der Waals surface area contributed by atoms with Crippen LogP contribution in [-0.2, 0) is 14.4 Å². The average Bonchev–Trinajstić information content (AvgIpc) is 2.73. The predicted molar refractivity (Wildman–Crippen MR) is 83.9 cm³/mol. The second-order valence-electron chi connectivity index (χ2n) is 6.77. The lowest BCUT2D eigenvalue weighted by Crippen LogP contribution is -2.63. The number of likely N-dealkylation sites (N-methyl/N-ethyl adjacent to an activating group) is 1. The van der Waals surface area contributed by atoms with Crippen LogP contribution in [0.4, 0.5) is 4.79 Å². The number of rotatable bonds is 2. The number of nitrogens with zero attached hydrogens (tertiary/aromatic N) is 3. The summed E-state index contributed by atoms with van der Waals surface area (Å²) in [5.41, 5.74) is -0.212. The average molecular weight is 337 g/mol. The number of carbonyl (C=O) groups excluding carboxylic acids is 4. The quantitative estimate of drug-likeness (QED) is 0.588. The van der Waals surface area contributed by atoms with E-state index in [1.54, 1.807) is 4.90 Å². The maximum absolute atomic E-state index is 12.6. The Kier molecular flexibility index (Phi) is 4.44. The molecule has 1 spiro atoms. The van der Waals surface area contributed by atoms with E-state index in [1.807, 2.05) is 7.05 Å². The Balaban J connectivity index is 1.66. The molecule has 0 saturated carbocycles. The lowest BCUT2D eigenvalue weighted by atomic mass is 9.86. The number of piperazine rings is 1. The maximum Gasteiger partial charge on any atom is 0.325 e. The molecule has 0 aliphatic carbocycles. The molecule has 9 heteroatoms. The van der Waals surface area contributed by atoms with Gasteiger partial charge in [-0.2, -0.15) is 0 Å². The Hall–Kier alpha value is -2.16. The number of hydrogen-bond donors (Lipinski definition) is 2. The molecule has 3 heterocycles. The number of urea groups is 1. The predicted octanol–water partition coefficient (Wildman–Crippen LogP) is -1.65. The molecule has 0 bridgehead atoms. The molecule has 5 amide bonds. The topological polar surface area (TPSA) is 102 Å². The van der Waals surface area contributed by atoms with E-state index in [9.17, 15) is 19.2 Å². The zero-order valence-corrected chi connectivity index (χ0v) is 13.8. The van der Waals surface area contributed by atoms with Crippen LogP contribution in [0.1, 0.15) is 19.3 Å². The summed E-state index contributed by atoms with van der Waals surface area (Å²) < 4.78 is 0. The van der Waals surface area contributed by atoms with Crippen LogP contribution in [0.3, 0.4) is 0 Å². The largest absolute Gasteiger partial charge is 0.356 e. The first-order valence-corrected chi connectivity index (χ1v) is 8.24. The van der Waals surface area contributed by atoms with Crippen molar-refractivity contribution in [2.24, 2.45) is 0 Å². The number of amides is 5. The van der Waals surface area contributed by atoms with Crippen LogP contribution >= 0.6 is 0 Å². The van der Waals surface area contributed by atoms with Gasteiger partial charge >= 0.3 is 6.03 Å². The van der Waals surface area contributed by atoms with Crippen LogP contribution in [0.5, 0.6) is 0 Å². The monoisotopic (exact) mass is 337 g/mol. The van der Waals surface area contributed by atoms with Gasteiger partial charge in [-0.05, 0) is 19.9 Å². The van der Waals surface area contributed by atoms with Gasteiger partial charge in [0.2, 0.25) is 17.7 Å². The van der Waals surface area contributed by atoms with Gasteiger partial charge in [0.1, 0.15) is 13.1 Å². The maximum atomic E-state index is 12.6. The third-order valence-corrected chi connectivity index (χ3v) is 5.28. The standard InChI is InChI=1S/C15H23N5O4/c1-18-6-7-19(10-15(18)3-2-11(21)16-5-4-15)13(23)9-20-8-12(22)17-14(20)24/h2-10H2,1H3,(H,16,21)(H,17,22,24)/t15-/m0/s1. The van der Waals surface area contributed by atoms with Crippen molar-refractivity contribution in [1.82, 2.24) is 25.3 Å². The second kappa shape index (κ2) is 6.39. The molecule has 0 aromatic heterocycles. The van der Waals surface area contributed by atoms with Crippen molar-refractivity contribution in [3.8, 4) is 0 Å². The van der Waals surface area contributed by atoms with Gasteiger partial charge < -0.3 is 15.1 Å². The van der Waals surface area contributed by atoms with Gasteiger partial charge in [0.05, 0.1) is 0 Å². The van der Waals surface area contributed by atoms with E-state index in [0.717, 1.165) is 13.0 Å². The molecule has 0 radical (unpaired) electrons. The van der Waals surface area contributed by atoms with Crippen molar-refractivity contribution in [1.29, 1.82) is 0 Å². The lowest BCUT2D eigenvalue weighted by Gasteiger charge is -2.49. The Morgan fingerprint density at radius 2 is 1.96 bits per heavy atom. The molecule has 0 unspecified atom stereocenters. The van der Waals surface area contributed by atoms with E-state index in [1.165, 1.54) is 4.90 Å². The van der Waals surface area contributed by atoms with E-state index in [-0.39, 0.29) is 36.3 Å². The highest BCUT2D eigenvalue weighted by atomic mass is 16.2. The fourth-order valence-corrected chi connectivity index (χ4v) is 3.68. The summed E-state index contributed by atoms with van der Waals surface area (Å²) in [6, 6.07) is -0.513. The van der Waals surface area contributed by atoms with E-state index in [4.69, 9.17) is 0 Å². The van der Waals surface area contributed by atoms with Crippen molar-refractivity contribution in [3.05, 3.63) is 0 Å². The van der Waals surface area contributed by atoms with Crippen LogP contribution in [0.2, 0.25) is 0 Å². The third-order valence-electron chi connectivity index (χ3n) is 5.28. The van der Waals surface area contributed by atoms with Gasteiger partial charge in [0.15, 0.2) is 0 Å². The molecule has 1 atom stereocenters. The van der Waals surface area contributed by atoms with E-state index in [2.05, 4.69) is 15.5 Å². The summed E-state index contributed by atoms with van der Waals surface area (Å²) >= 11 is 0. The molecule has 0 aromatic carbocycles. The summed E-state index contributed by atoms with van der Waals surface area (Å²) in [7, 11) is 2.03. The van der Waals surface area contributed by atoms with E-state index >= 15 is 0 Å². The summed E-state index contributed by atoms with van der Waals surface area (Å²) in [6.45, 7) is 2.30. The Morgan fingerprint density at radius 3 is 2.67 bits per heavy atom. The molecule has 3 aliphatic heterocycles. The molecular formula is C15H23N5O4. The third kappa shape index (κ3) is 3.21. The van der Waals surface area contributed by atoms with Gasteiger partial charge in [-0.15, -0.1) is 0 Å². The molecular weight excluding hydrogens is 314 g/mol. The number of hydrogen-bond acceptors (Lipinski definition) is 5. The number of imide groups is 1. The zero-order chi connectivity index (χ0) is 17.3. The van der Waals surface area contributed by atoms with Gasteiger partial charge in [-0.3, -0.25) is 24.6 Å². The van der Waals surface area contributed by atoms with Crippen molar-refractivity contribution >= 4 is 23.8 Å². The first kappa shape index (κ1) is 16.7. The molecule has 3 fully saturated rings. The summed E-state index contributed by atoms with van der Waals surface area (Å²) in [5, 5.41) is 5.06. The first-order chi connectivity index (χ1) is 11.4. The molecule has 9 nitrogen and oxygen atoms in total. The molecule has 3 rings (SSSR count). The van der Waals surface area contributed by atoms with Crippen molar-refractivity contribution in [2.75, 3.05) is 46.3 Å². The van der Waals surface area contributed by atoms with Gasteiger partial charge in [-0.25, -0.2) is 4.79 Å². The highest BCUT2D eigenvalue weighted by molar-refractivity contribution is 6.03. The van der Waals surface area contributed by atoms with Gasteiger partial charge in [0, 0.05) is 38.1 Å². The minimum Gasteiger partial charge on any atom is -0.356 e. The fraction of sp³-hybridized carbons (Fsp3) is 0.733. The van der Waals surface area contributed by atoms with E-state index < -0.39 is 6.03 Å². The highest BCUT2D eigenvalue weighted by Gasteiger charge is 2.42. The molecule has 0 aromatic rings. The van der Waals surface area contributed by atoms with Crippen molar-refractivity contribution in [2.45, 2.75) is 24.8 Å². The summed E-state index contributed by atoms with van der Waals surface area (Å²) in [6.07, 6.45) is 1.96. The minimum absolute atomic E-state index is 0.0518. The molecule has 2 N–H and O–H groups in total. The zero-order valence-electron chi connectivity index (χ0n) is 13.8. The smallest absolute Gasteiger partial charge is 0.325 e. The SMILES string of the molecule is CN1CCN(C(=O)CN2CC(=O)NC2=O)C[C@]12CCNC(=O)CC2. The van der Waals surface area contributed by atoms with E-state index in [0.29, 0.717) is 32.5 Å².